The molecule has 1 heterocycles. The minimum absolute atomic E-state index is 0.0201. The van der Waals surface area contributed by atoms with Crippen LogP contribution in [0.2, 0.25) is 0 Å². The largest absolute Gasteiger partial charge is 0.370 e. The van der Waals surface area contributed by atoms with E-state index in [2.05, 4.69) is 0 Å². The molecule has 0 aromatic carbocycles. The Bertz CT molecular complexity index is 136. The molecule has 0 N–H and O–H groups in total. The van der Waals surface area contributed by atoms with Crippen LogP contribution in [0.1, 0.15) is 13.3 Å². The molecule has 10 heavy (non-hydrogen) atoms. The topological polar surface area (TPSA) is 26.3 Å². The summed E-state index contributed by atoms with van der Waals surface area (Å²) < 4.78 is 5.18. The Morgan fingerprint density at radius 1 is 1.80 bits per heavy atom. The third kappa shape index (κ3) is 1.50. The maximum Gasteiger partial charge on any atom is 0.176 e. The quantitative estimate of drug-likeness (QED) is 0.571. The van der Waals surface area contributed by atoms with Crippen LogP contribution in [0.4, 0.5) is 0 Å². The lowest BCUT2D eigenvalue weighted by atomic mass is 10.0. The molecule has 1 rings (SSSR count). The number of ether oxygens (including phenoxy) is 1. The van der Waals surface area contributed by atoms with Gasteiger partial charge in [-0.15, -0.1) is 11.6 Å². The predicted molar refractivity (Wildman–Crippen MR) is 39.2 cm³/mol. The molecule has 0 bridgehead atoms. The summed E-state index contributed by atoms with van der Waals surface area (Å²) >= 11 is 5.37. The lowest BCUT2D eigenvalue weighted by Crippen LogP contribution is -2.25. The summed E-state index contributed by atoms with van der Waals surface area (Å²) in [4.78, 5) is 11.0. The highest BCUT2D eigenvalue weighted by molar-refractivity contribution is 6.28. The van der Waals surface area contributed by atoms with Crippen molar-refractivity contribution >= 4 is 17.4 Å². The molecule has 2 nitrogen and oxygen atoms in total. The van der Waals surface area contributed by atoms with Gasteiger partial charge in [0.05, 0.1) is 5.88 Å². The maximum absolute atomic E-state index is 11.0. The molecule has 1 saturated heterocycles. The zero-order chi connectivity index (χ0) is 7.56. The molecule has 2 atom stereocenters. The van der Waals surface area contributed by atoms with E-state index in [0.29, 0.717) is 12.5 Å². The van der Waals surface area contributed by atoms with Gasteiger partial charge < -0.3 is 4.74 Å². The smallest absolute Gasteiger partial charge is 0.176 e. The second-order valence-corrected chi connectivity index (χ2v) is 2.92. The van der Waals surface area contributed by atoms with E-state index in [1.54, 1.807) is 0 Å². The predicted octanol–water partition coefficient (Wildman–Crippen LogP) is 1.22. The lowest BCUT2D eigenvalue weighted by Gasteiger charge is -2.10. The van der Waals surface area contributed by atoms with Crippen molar-refractivity contribution in [3.63, 3.8) is 0 Å². The Labute approximate surface area is 65.5 Å². The molecule has 2 unspecified atom stereocenters. The van der Waals surface area contributed by atoms with Gasteiger partial charge in [0.1, 0.15) is 6.10 Å². The van der Waals surface area contributed by atoms with Crippen molar-refractivity contribution in [3.8, 4) is 0 Å². The first-order valence-electron chi connectivity index (χ1n) is 3.46. The van der Waals surface area contributed by atoms with Crippen molar-refractivity contribution in [1.82, 2.24) is 0 Å². The maximum atomic E-state index is 11.0. The van der Waals surface area contributed by atoms with Crippen molar-refractivity contribution in [2.45, 2.75) is 19.4 Å². The van der Waals surface area contributed by atoms with E-state index >= 15 is 0 Å². The number of ketones is 1. The second-order valence-electron chi connectivity index (χ2n) is 2.66. The lowest BCUT2D eigenvalue weighted by molar-refractivity contribution is -0.126. The summed E-state index contributed by atoms with van der Waals surface area (Å²) in [6.07, 6.45) is 0.755. The zero-order valence-electron chi connectivity index (χ0n) is 5.97. The summed E-state index contributed by atoms with van der Waals surface area (Å²) in [5, 5.41) is 0. The van der Waals surface area contributed by atoms with Gasteiger partial charge in [0.2, 0.25) is 0 Å². The van der Waals surface area contributed by atoms with Gasteiger partial charge in [-0.3, -0.25) is 4.79 Å². The van der Waals surface area contributed by atoms with Crippen molar-refractivity contribution in [2.24, 2.45) is 5.92 Å². The van der Waals surface area contributed by atoms with Gasteiger partial charge in [0.15, 0.2) is 5.78 Å². The molecule has 1 aliphatic heterocycles. The van der Waals surface area contributed by atoms with Crippen molar-refractivity contribution in [1.29, 1.82) is 0 Å². The molecule has 1 aliphatic rings. The van der Waals surface area contributed by atoms with Crippen molar-refractivity contribution in [3.05, 3.63) is 0 Å². The first kappa shape index (κ1) is 8.02. The Hall–Kier alpha value is -0.0800. The Balaban J connectivity index is 2.46. The standard InChI is InChI=1S/C7H11ClO2/c1-5-2-3-10-7(5)6(9)4-8/h5,7H,2-4H2,1H3. The summed E-state index contributed by atoms with van der Waals surface area (Å²) in [6.45, 7) is 2.72. The minimum Gasteiger partial charge on any atom is -0.370 e. The van der Waals surface area contributed by atoms with E-state index < -0.39 is 0 Å². The molecule has 3 heteroatoms. The van der Waals surface area contributed by atoms with Crippen LogP contribution in [-0.2, 0) is 9.53 Å². The van der Waals surface area contributed by atoms with Crippen molar-refractivity contribution < 1.29 is 9.53 Å². The van der Waals surface area contributed by atoms with E-state index in [9.17, 15) is 4.79 Å². The average molecular weight is 163 g/mol. The Morgan fingerprint density at radius 3 is 2.90 bits per heavy atom. The molecule has 0 radical (unpaired) electrons. The fourth-order valence-electron chi connectivity index (χ4n) is 1.18. The summed E-state index contributed by atoms with van der Waals surface area (Å²) in [6, 6.07) is 0. The van der Waals surface area contributed by atoms with Crippen LogP contribution >= 0.6 is 11.6 Å². The van der Waals surface area contributed by atoms with Gasteiger partial charge in [-0.25, -0.2) is 0 Å². The molecular weight excluding hydrogens is 152 g/mol. The number of carbonyl (C=O) groups excluding carboxylic acids is 1. The average Bonchev–Trinajstić information content (AvgIpc) is 2.34. The van der Waals surface area contributed by atoms with Crippen LogP contribution in [0.5, 0.6) is 0 Å². The van der Waals surface area contributed by atoms with Gasteiger partial charge >= 0.3 is 0 Å². The summed E-state index contributed by atoms with van der Waals surface area (Å²) in [5.41, 5.74) is 0. The number of rotatable bonds is 2. The highest BCUT2D eigenvalue weighted by Crippen LogP contribution is 2.20. The van der Waals surface area contributed by atoms with E-state index in [1.165, 1.54) is 0 Å². The third-order valence-electron chi connectivity index (χ3n) is 1.84. The Morgan fingerprint density at radius 2 is 2.50 bits per heavy atom. The highest BCUT2D eigenvalue weighted by atomic mass is 35.5. The number of alkyl halides is 1. The Kier molecular flexibility index (Phi) is 2.69. The minimum atomic E-state index is -0.225. The fourth-order valence-corrected chi connectivity index (χ4v) is 1.33. The molecule has 0 saturated carbocycles. The van der Waals surface area contributed by atoms with Crippen LogP contribution in [0.15, 0.2) is 0 Å². The number of hydrogen-bond acceptors (Lipinski definition) is 2. The summed E-state index contributed by atoms with van der Waals surface area (Å²) in [7, 11) is 0. The summed E-state index contributed by atoms with van der Waals surface area (Å²) in [5.74, 6) is 0.451. The molecule has 58 valence electrons. The number of Topliss-reactive ketones (excluding diaryl/α,β-unsaturated/α-hetero) is 1. The van der Waals surface area contributed by atoms with E-state index in [0.717, 1.165) is 6.42 Å². The number of carbonyl (C=O) groups is 1. The molecule has 0 spiro atoms. The van der Waals surface area contributed by atoms with Gasteiger partial charge in [0.25, 0.3) is 0 Å². The molecule has 0 aromatic rings. The van der Waals surface area contributed by atoms with Crippen LogP contribution in [0.3, 0.4) is 0 Å². The molecule has 0 amide bonds. The van der Waals surface area contributed by atoms with Crippen LogP contribution in [0, 0.1) is 5.92 Å². The van der Waals surface area contributed by atoms with Crippen LogP contribution < -0.4 is 0 Å². The van der Waals surface area contributed by atoms with Gasteiger partial charge in [-0.05, 0) is 12.3 Å². The van der Waals surface area contributed by atoms with Crippen molar-refractivity contribution in [2.75, 3.05) is 12.5 Å². The van der Waals surface area contributed by atoms with Gasteiger partial charge in [-0.2, -0.15) is 0 Å². The van der Waals surface area contributed by atoms with E-state index in [4.69, 9.17) is 16.3 Å². The molecular formula is C7H11ClO2. The van der Waals surface area contributed by atoms with Gasteiger partial charge in [-0.1, -0.05) is 6.92 Å². The van der Waals surface area contributed by atoms with Gasteiger partial charge in [0, 0.05) is 6.61 Å². The fraction of sp³-hybridized carbons (Fsp3) is 0.857. The van der Waals surface area contributed by atoms with Crippen LogP contribution in [-0.4, -0.2) is 24.4 Å². The van der Waals surface area contributed by atoms with E-state index in [-0.39, 0.29) is 17.8 Å². The number of halogens is 1. The first-order valence-corrected chi connectivity index (χ1v) is 3.99. The molecule has 0 aromatic heterocycles. The normalized spacial score (nSPS) is 32.6. The first-order chi connectivity index (χ1) is 4.75. The monoisotopic (exact) mass is 162 g/mol. The van der Waals surface area contributed by atoms with E-state index in [1.807, 2.05) is 6.92 Å². The highest BCUT2D eigenvalue weighted by Gasteiger charge is 2.29. The SMILES string of the molecule is CC1CCOC1C(=O)CCl. The zero-order valence-corrected chi connectivity index (χ0v) is 6.73. The molecule has 1 fully saturated rings. The third-order valence-corrected chi connectivity index (χ3v) is 2.10. The number of hydrogen-bond donors (Lipinski definition) is 0. The molecule has 0 aliphatic carbocycles. The second kappa shape index (κ2) is 3.35. The van der Waals surface area contributed by atoms with Crippen LogP contribution in [0.25, 0.3) is 0 Å².